The summed E-state index contributed by atoms with van der Waals surface area (Å²) in [5.41, 5.74) is 0.681. The fraction of sp³-hybridized carbons (Fsp3) is 0.263. The molecule has 0 saturated heterocycles. The highest BCUT2D eigenvalue weighted by Crippen LogP contribution is 2.27. The van der Waals surface area contributed by atoms with E-state index in [4.69, 9.17) is 9.47 Å². The van der Waals surface area contributed by atoms with Crippen molar-refractivity contribution in [3.8, 4) is 5.75 Å². The molecule has 0 aliphatic carbocycles. The van der Waals surface area contributed by atoms with E-state index in [9.17, 15) is 14.1 Å². The minimum atomic E-state index is -0.843. The lowest BCUT2D eigenvalue weighted by molar-refractivity contribution is -0.145. The first-order valence-corrected chi connectivity index (χ1v) is 10.1. The first kappa shape index (κ1) is 21.2. The van der Waals surface area contributed by atoms with Crippen molar-refractivity contribution in [2.75, 3.05) is 19.5 Å². The second kappa shape index (κ2) is 10.3. The van der Waals surface area contributed by atoms with Gasteiger partial charge in [0.05, 0.1) is 18.7 Å². The zero-order valence-corrected chi connectivity index (χ0v) is 17.3. The zero-order chi connectivity index (χ0) is 19.8. The molecule has 0 N–H and O–H groups in total. The number of carbonyl (C=O) groups is 2. The number of carbonyl (C=O) groups excluding carboxylic acids is 2. The maximum atomic E-state index is 14.5. The number of ether oxygens (including phenoxy) is 2. The van der Waals surface area contributed by atoms with Gasteiger partial charge in [0.2, 0.25) is 0 Å². The molecule has 0 atom stereocenters. The Labute approximate surface area is 169 Å². The lowest BCUT2D eigenvalue weighted by Crippen LogP contribution is -2.24. The number of halogens is 2. The van der Waals surface area contributed by atoms with Crippen LogP contribution in [0.15, 0.2) is 51.8 Å². The number of rotatable bonds is 8. The van der Waals surface area contributed by atoms with E-state index in [-0.39, 0.29) is 36.2 Å². The first-order chi connectivity index (χ1) is 12.9. The van der Waals surface area contributed by atoms with Crippen LogP contribution in [0.2, 0.25) is 0 Å². The van der Waals surface area contributed by atoms with Crippen LogP contribution in [-0.2, 0) is 16.1 Å². The molecule has 8 heteroatoms. The van der Waals surface area contributed by atoms with Crippen molar-refractivity contribution in [3.05, 3.63) is 58.1 Å². The summed E-state index contributed by atoms with van der Waals surface area (Å²) in [4.78, 5) is 24.9. The van der Waals surface area contributed by atoms with Crippen molar-refractivity contribution in [1.82, 2.24) is 5.12 Å². The molecule has 0 bridgehead atoms. The van der Waals surface area contributed by atoms with Gasteiger partial charge in [0.1, 0.15) is 5.75 Å². The molecule has 0 heterocycles. The van der Waals surface area contributed by atoms with Gasteiger partial charge in [0, 0.05) is 9.37 Å². The molecule has 0 aliphatic heterocycles. The van der Waals surface area contributed by atoms with Gasteiger partial charge in [0.25, 0.3) is 5.91 Å². The predicted octanol–water partition coefficient (Wildman–Crippen LogP) is 4.64. The van der Waals surface area contributed by atoms with Crippen molar-refractivity contribution in [3.63, 3.8) is 0 Å². The Bertz CT molecular complexity index is 801. The van der Waals surface area contributed by atoms with Crippen LogP contribution in [0.3, 0.4) is 0 Å². The highest BCUT2D eigenvalue weighted by molar-refractivity contribution is 9.10. The van der Waals surface area contributed by atoms with Crippen molar-refractivity contribution >= 4 is 39.6 Å². The average molecular weight is 456 g/mol. The Balaban J connectivity index is 2.17. The summed E-state index contributed by atoms with van der Waals surface area (Å²) in [7, 11) is 0. The lowest BCUT2D eigenvalue weighted by atomic mass is 10.1. The van der Waals surface area contributed by atoms with E-state index >= 15 is 0 Å². The molecule has 144 valence electrons. The lowest BCUT2D eigenvalue weighted by Gasteiger charge is -2.16. The summed E-state index contributed by atoms with van der Waals surface area (Å²) in [6.45, 7) is 1.35. The van der Waals surface area contributed by atoms with Gasteiger partial charge in [-0.15, -0.1) is 11.8 Å². The Morgan fingerprint density at radius 1 is 1.19 bits per heavy atom. The van der Waals surface area contributed by atoms with E-state index in [2.05, 4.69) is 15.9 Å². The molecule has 27 heavy (non-hydrogen) atoms. The van der Waals surface area contributed by atoms with Gasteiger partial charge >= 0.3 is 5.97 Å². The normalized spacial score (nSPS) is 10.4. The fourth-order valence-corrected chi connectivity index (χ4v) is 2.91. The van der Waals surface area contributed by atoms with Crippen LogP contribution < -0.4 is 4.74 Å². The molecule has 0 radical (unpaired) electrons. The Morgan fingerprint density at radius 2 is 1.89 bits per heavy atom. The molecule has 1 amide bonds. The van der Waals surface area contributed by atoms with Crippen LogP contribution in [0.25, 0.3) is 0 Å². The van der Waals surface area contributed by atoms with E-state index in [1.54, 1.807) is 43.3 Å². The van der Waals surface area contributed by atoms with Gasteiger partial charge in [-0.3, -0.25) is 4.79 Å². The first-order valence-electron chi connectivity index (χ1n) is 8.13. The van der Waals surface area contributed by atoms with Gasteiger partial charge in [0.15, 0.2) is 6.61 Å². The van der Waals surface area contributed by atoms with E-state index in [0.29, 0.717) is 5.56 Å². The maximum Gasteiger partial charge on any atom is 0.344 e. The number of hydrogen-bond donors (Lipinski definition) is 0. The van der Waals surface area contributed by atoms with Crippen molar-refractivity contribution in [2.45, 2.75) is 18.4 Å². The SMILES string of the molecule is CCOC(=O)COc1cc(SC)ccc1C(=O)N(F)Cc1ccc(Br)cc1. The number of hydrogen-bond acceptors (Lipinski definition) is 5. The minimum absolute atomic E-state index is 0.0386. The maximum absolute atomic E-state index is 14.5. The van der Waals surface area contributed by atoms with Gasteiger partial charge in [-0.1, -0.05) is 32.5 Å². The van der Waals surface area contributed by atoms with Gasteiger partial charge in [-0.25, -0.2) is 4.79 Å². The standard InChI is InChI=1S/C19H19BrFNO4S/c1-3-25-18(23)12-26-17-10-15(27-2)8-9-16(17)19(24)22(21)11-13-4-6-14(20)7-5-13/h4-10H,3,11-12H2,1-2H3. The average Bonchev–Trinajstić information content (AvgIpc) is 2.67. The Hall–Kier alpha value is -2.06. The molecule has 0 spiro atoms. The topological polar surface area (TPSA) is 55.8 Å². The molecular formula is C19H19BrFNO4S. The Morgan fingerprint density at radius 3 is 2.52 bits per heavy atom. The van der Waals surface area contributed by atoms with Crippen LogP contribution >= 0.6 is 27.7 Å². The molecular weight excluding hydrogens is 437 g/mol. The van der Waals surface area contributed by atoms with Crippen molar-refractivity contribution in [1.29, 1.82) is 0 Å². The van der Waals surface area contributed by atoms with Gasteiger partial charge in [-0.05, 0) is 49.1 Å². The molecule has 2 aromatic rings. The van der Waals surface area contributed by atoms with Crippen LogP contribution in [0, 0.1) is 0 Å². The molecule has 2 aromatic carbocycles. The number of benzene rings is 2. The highest BCUT2D eigenvalue weighted by Gasteiger charge is 2.21. The quantitative estimate of drug-likeness (QED) is 0.329. The zero-order valence-electron chi connectivity index (χ0n) is 14.9. The summed E-state index contributed by atoms with van der Waals surface area (Å²) in [6, 6.07) is 11.8. The molecule has 5 nitrogen and oxygen atoms in total. The third kappa shape index (κ3) is 6.25. The van der Waals surface area contributed by atoms with E-state index in [0.717, 1.165) is 9.37 Å². The summed E-state index contributed by atoms with van der Waals surface area (Å²) >= 11 is 4.75. The smallest absolute Gasteiger partial charge is 0.344 e. The van der Waals surface area contributed by atoms with Crippen LogP contribution in [0.5, 0.6) is 5.75 Å². The van der Waals surface area contributed by atoms with Crippen LogP contribution in [0.1, 0.15) is 22.8 Å². The summed E-state index contributed by atoms with van der Waals surface area (Å²) in [5.74, 6) is -1.26. The third-order valence-electron chi connectivity index (χ3n) is 3.53. The number of esters is 1. The van der Waals surface area contributed by atoms with Gasteiger partial charge in [-0.2, -0.15) is 5.12 Å². The summed E-state index contributed by atoms with van der Waals surface area (Å²) in [6.07, 6.45) is 1.86. The van der Waals surface area contributed by atoms with E-state index < -0.39 is 11.9 Å². The Kier molecular flexibility index (Phi) is 8.12. The van der Waals surface area contributed by atoms with Crippen LogP contribution in [0.4, 0.5) is 4.48 Å². The van der Waals surface area contributed by atoms with Crippen molar-refractivity contribution < 1.29 is 23.5 Å². The second-order valence-electron chi connectivity index (χ2n) is 5.41. The molecule has 0 aliphatic rings. The second-order valence-corrected chi connectivity index (χ2v) is 7.20. The van der Waals surface area contributed by atoms with E-state index in [1.165, 1.54) is 17.8 Å². The molecule has 0 saturated carbocycles. The number of nitrogens with zero attached hydrogens (tertiary/aromatic N) is 1. The predicted molar refractivity (Wildman–Crippen MR) is 105 cm³/mol. The van der Waals surface area contributed by atoms with E-state index in [1.807, 2.05) is 6.26 Å². The number of thioether (sulfide) groups is 1. The third-order valence-corrected chi connectivity index (χ3v) is 4.78. The summed E-state index contributed by atoms with van der Waals surface area (Å²) < 4.78 is 25.6. The molecule has 0 fully saturated rings. The van der Waals surface area contributed by atoms with Crippen molar-refractivity contribution in [2.24, 2.45) is 0 Å². The molecule has 0 unspecified atom stereocenters. The summed E-state index contributed by atoms with van der Waals surface area (Å²) in [5, 5.41) is 0.120. The molecule has 0 aromatic heterocycles. The largest absolute Gasteiger partial charge is 0.481 e. The highest BCUT2D eigenvalue weighted by atomic mass is 79.9. The fourth-order valence-electron chi connectivity index (χ4n) is 2.22. The minimum Gasteiger partial charge on any atom is -0.481 e. The molecule has 2 rings (SSSR count). The monoisotopic (exact) mass is 455 g/mol. The van der Waals surface area contributed by atoms with Gasteiger partial charge < -0.3 is 9.47 Å². The number of amides is 1. The van der Waals surface area contributed by atoms with Crippen LogP contribution in [-0.4, -0.2) is 36.5 Å².